The summed E-state index contributed by atoms with van der Waals surface area (Å²) in [7, 11) is 1.39. The molecule has 1 unspecified atom stereocenters. The number of nitrogen functional groups attached to an aromatic ring is 1. The van der Waals surface area contributed by atoms with E-state index in [0.29, 0.717) is 23.1 Å². The van der Waals surface area contributed by atoms with Crippen LogP contribution in [-0.2, 0) is 4.74 Å². The summed E-state index contributed by atoms with van der Waals surface area (Å²) in [6, 6.07) is 2.23. The van der Waals surface area contributed by atoms with Crippen LogP contribution in [0.25, 0.3) is 0 Å². The molecule has 1 aromatic heterocycles. The van der Waals surface area contributed by atoms with E-state index in [4.69, 9.17) is 10.5 Å². The molecule has 6 heteroatoms. The van der Waals surface area contributed by atoms with Crippen molar-refractivity contribution in [1.82, 2.24) is 9.88 Å². The number of rotatable bonds is 2. The van der Waals surface area contributed by atoms with Gasteiger partial charge in [-0.1, -0.05) is 0 Å². The van der Waals surface area contributed by atoms with Crippen molar-refractivity contribution in [2.75, 3.05) is 43.9 Å². The lowest BCUT2D eigenvalue weighted by Crippen LogP contribution is -2.37. The fraction of sp³-hybridized carbons (Fsp3) is 0.600. The van der Waals surface area contributed by atoms with E-state index in [1.54, 1.807) is 12.3 Å². The number of esters is 1. The Balaban J connectivity index is 1.90. The highest BCUT2D eigenvalue weighted by Crippen LogP contribution is 2.27. The molecule has 0 aliphatic carbocycles. The number of nitrogens with zero attached hydrogens (tertiary/aromatic N) is 3. The van der Waals surface area contributed by atoms with Crippen molar-refractivity contribution in [3.05, 3.63) is 17.8 Å². The second kappa shape index (κ2) is 5.89. The first-order valence-electron chi connectivity index (χ1n) is 7.52. The molecule has 0 saturated carbocycles. The first-order valence-corrected chi connectivity index (χ1v) is 7.52. The fourth-order valence-corrected chi connectivity index (χ4v) is 3.38. The summed E-state index contributed by atoms with van der Waals surface area (Å²) < 4.78 is 4.87. The van der Waals surface area contributed by atoms with Gasteiger partial charge < -0.3 is 15.4 Å². The Morgan fingerprint density at radius 2 is 2.19 bits per heavy atom. The molecule has 0 amide bonds. The lowest BCUT2D eigenvalue weighted by atomic mass is 10.2. The van der Waals surface area contributed by atoms with Crippen molar-refractivity contribution in [2.24, 2.45) is 0 Å². The number of ether oxygens (including phenoxy) is 1. The van der Waals surface area contributed by atoms with Crippen LogP contribution in [0.1, 0.15) is 29.6 Å². The Hall–Kier alpha value is -1.82. The number of aromatic nitrogens is 1. The highest BCUT2D eigenvalue weighted by molar-refractivity contribution is 5.95. The second-order valence-electron chi connectivity index (χ2n) is 5.76. The van der Waals surface area contributed by atoms with Crippen molar-refractivity contribution in [3.63, 3.8) is 0 Å². The van der Waals surface area contributed by atoms with Crippen LogP contribution in [0.15, 0.2) is 12.3 Å². The average Bonchev–Trinajstić information content (AvgIpc) is 2.83. The number of hydrogen-bond donors (Lipinski definition) is 1. The first kappa shape index (κ1) is 14.1. The highest BCUT2D eigenvalue weighted by Gasteiger charge is 2.30. The van der Waals surface area contributed by atoms with Gasteiger partial charge in [0.15, 0.2) is 0 Å². The maximum atomic E-state index is 12.0. The zero-order valence-electron chi connectivity index (χ0n) is 12.4. The van der Waals surface area contributed by atoms with Crippen molar-refractivity contribution in [2.45, 2.75) is 25.3 Å². The second-order valence-corrected chi connectivity index (χ2v) is 5.76. The summed E-state index contributed by atoms with van der Waals surface area (Å²) in [6.45, 7) is 4.15. The number of carbonyl (C=O) groups excluding carboxylic acids is 1. The standard InChI is InChI=1S/C15H22N4O2/c1-21-15(20)13-8-11(16)9-17-14(13)19-7-3-6-18-5-2-4-12(18)10-19/h8-9,12H,2-7,10,16H2,1H3. The molecule has 0 spiro atoms. The molecule has 1 aromatic rings. The molecule has 3 rings (SSSR count). The summed E-state index contributed by atoms with van der Waals surface area (Å²) in [5.41, 5.74) is 6.71. The van der Waals surface area contributed by atoms with E-state index in [1.165, 1.54) is 26.5 Å². The smallest absolute Gasteiger partial charge is 0.341 e. The maximum Gasteiger partial charge on any atom is 0.341 e. The van der Waals surface area contributed by atoms with Gasteiger partial charge in [-0.05, 0) is 31.9 Å². The van der Waals surface area contributed by atoms with Crippen molar-refractivity contribution < 1.29 is 9.53 Å². The predicted molar refractivity (Wildman–Crippen MR) is 81.4 cm³/mol. The minimum absolute atomic E-state index is 0.377. The van der Waals surface area contributed by atoms with Gasteiger partial charge in [0.05, 0.1) is 19.0 Å². The number of anilines is 2. The normalized spacial score (nSPS) is 22.7. The maximum absolute atomic E-state index is 12.0. The van der Waals surface area contributed by atoms with Crippen LogP contribution >= 0.6 is 0 Å². The van der Waals surface area contributed by atoms with Crippen LogP contribution in [0, 0.1) is 0 Å². The number of fused-ring (bicyclic) bond motifs is 1. The predicted octanol–water partition coefficient (Wildman–Crippen LogP) is 1.12. The summed E-state index contributed by atoms with van der Waals surface area (Å²) in [6.07, 6.45) is 5.18. The van der Waals surface area contributed by atoms with E-state index in [9.17, 15) is 4.79 Å². The van der Waals surface area contributed by atoms with Gasteiger partial charge in [0.25, 0.3) is 0 Å². The Morgan fingerprint density at radius 3 is 3.00 bits per heavy atom. The van der Waals surface area contributed by atoms with E-state index in [1.807, 2.05) is 0 Å². The molecule has 2 fully saturated rings. The number of methoxy groups -OCH3 is 1. The largest absolute Gasteiger partial charge is 0.465 e. The SMILES string of the molecule is COC(=O)c1cc(N)cnc1N1CCCN2CCCC2C1. The van der Waals surface area contributed by atoms with Gasteiger partial charge in [-0.25, -0.2) is 9.78 Å². The van der Waals surface area contributed by atoms with E-state index < -0.39 is 0 Å². The van der Waals surface area contributed by atoms with Crippen molar-refractivity contribution in [3.8, 4) is 0 Å². The number of nitrogens with two attached hydrogens (primary N) is 1. The number of carbonyl (C=O) groups is 1. The zero-order chi connectivity index (χ0) is 14.8. The molecule has 114 valence electrons. The Bertz CT molecular complexity index is 534. The average molecular weight is 290 g/mol. The van der Waals surface area contributed by atoms with Crippen LogP contribution in [0.2, 0.25) is 0 Å². The van der Waals surface area contributed by atoms with Crippen LogP contribution in [0.5, 0.6) is 0 Å². The Kier molecular flexibility index (Phi) is 3.96. The minimum atomic E-state index is -0.377. The van der Waals surface area contributed by atoms with Crippen LogP contribution in [0.4, 0.5) is 11.5 Å². The minimum Gasteiger partial charge on any atom is -0.465 e. The van der Waals surface area contributed by atoms with Gasteiger partial charge in [0.2, 0.25) is 0 Å². The van der Waals surface area contributed by atoms with Gasteiger partial charge in [-0.3, -0.25) is 4.90 Å². The summed E-state index contributed by atoms with van der Waals surface area (Å²) in [5.74, 6) is 0.321. The monoisotopic (exact) mass is 290 g/mol. The molecule has 2 aliphatic heterocycles. The first-order chi connectivity index (χ1) is 10.2. The lowest BCUT2D eigenvalue weighted by Gasteiger charge is -2.27. The molecule has 0 bridgehead atoms. The third-order valence-electron chi connectivity index (χ3n) is 4.40. The molecule has 2 aliphatic rings. The zero-order valence-corrected chi connectivity index (χ0v) is 12.4. The van der Waals surface area contributed by atoms with Crippen molar-refractivity contribution in [1.29, 1.82) is 0 Å². The molecule has 2 saturated heterocycles. The van der Waals surface area contributed by atoms with Crippen LogP contribution in [-0.4, -0.2) is 55.2 Å². The van der Waals surface area contributed by atoms with Gasteiger partial charge in [0, 0.05) is 25.7 Å². The van der Waals surface area contributed by atoms with Gasteiger partial charge in [-0.2, -0.15) is 0 Å². The molecular weight excluding hydrogens is 268 g/mol. The summed E-state index contributed by atoms with van der Waals surface area (Å²) in [4.78, 5) is 21.2. The molecule has 0 aromatic carbocycles. The number of hydrogen-bond acceptors (Lipinski definition) is 6. The third-order valence-corrected chi connectivity index (χ3v) is 4.40. The van der Waals surface area contributed by atoms with E-state index in [-0.39, 0.29) is 5.97 Å². The van der Waals surface area contributed by atoms with Crippen LogP contribution < -0.4 is 10.6 Å². The van der Waals surface area contributed by atoms with Gasteiger partial charge >= 0.3 is 5.97 Å². The van der Waals surface area contributed by atoms with E-state index in [0.717, 1.165) is 26.1 Å². The van der Waals surface area contributed by atoms with Gasteiger partial charge in [-0.15, -0.1) is 0 Å². The van der Waals surface area contributed by atoms with Crippen molar-refractivity contribution >= 4 is 17.5 Å². The summed E-state index contributed by atoms with van der Waals surface area (Å²) in [5, 5.41) is 0. The molecule has 1 atom stereocenters. The highest BCUT2D eigenvalue weighted by atomic mass is 16.5. The Morgan fingerprint density at radius 1 is 1.38 bits per heavy atom. The fourth-order valence-electron chi connectivity index (χ4n) is 3.38. The molecular formula is C15H22N4O2. The molecule has 21 heavy (non-hydrogen) atoms. The van der Waals surface area contributed by atoms with E-state index in [2.05, 4.69) is 14.8 Å². The molecule has 0 radical (unpaired) electrons. The van der Waals surface area contributed by atoms with E-state index >= 15 is 0 Å². The quantitative estimate of drug-likeness (QED) is 0.823. The third kappa shape index (κ3) is 2.81. The Labute approximate surface area is 124 Å². The molecule has 6 nitrogen and oxygen atoms in total. The summed E-state index contributed by atoms with van der Waals surface area (Å²) >= 11 is 0. The topological polar surface area (TPSA) is 71.7 Å². The molecule has 2 N–H and O–H groups in total. The number of pyridine rings is 1. The molecule has 3 heterocycles. The van der Waals surface area contributed by atoms with Gasteiger partial charge in [0.1, 0.15) is 11.4 Å². The lowest BCUT2D eigenvalue weighted by molar-refractivity contribution is 0.0601. The van der Waals surface area contributed by atoms with Crippen LogP contribution in [0.3, 0.4) is 0 Å².